The number of cyclic esters (lactones) is 1. The number of hydrogen-bond acceptors (Lipinski definition) is 8. The molecule has 154 valence electrons. The van der Waals surface area contributed by atoms with Gasteiger partial charge in [0.1, 0.15) is 36.1 Å². The highest BCUT2D eigenvalue weighted by molar-refractivity contribution is 5.92. The van der Waals surface area contributed by atoms with Crippen molar-refractivity contribution in [1.82, 2.24) is 0 Å². The van der Waals surface area contributed by atoms with E-state index in [1.165, 1.54) is 13.8 Å². The molecule has 0 amide bonds. The van der Waals surface area contributed by atoms with Crippen molar-refractivity contribution < 1.29 is 39.4 Å². The third-order valence-corrected chi connectivity index (χ3v) is 8.91. The zero-order valence-corrected chi connectivity index (χ0v) is 16.1. The molecule has 9 atom stereocenters. The van der Waals surface area contributed by atoms with Crippen molar-refractivity contribution in [1.29, 1.82) is 0 Å². The number of aliphatic hydroxyl groups is 4. The lowest BCUT2D eigenvalue weighted by atomic mass is 9.45. The van der Waals surface area contributed by atoms with Crippen LogP contribution in [0.1, 0.15) is 40.0 Å². The van der Waals surface area contributed by atoms with Crippen LogP contribution in [-0.4, -0.2) is 79.8 Å². The van der Waals surface area contributed by atoms with Gasteiger partial charge in [-0.05, 0) is 44.6 Å². The third-order valence-electron chi connectivity index (χ3n) is 8.91. The number of ether oxygens (including phenoxy) is 3. The first-order valence-electron chi connectivity index (χ1n) is 10.0. The van der Waals surface area contributed by atoms with E-state index in [2.05, 4.69) is 6.92 Å². The molecule has 3 heterocycles. The lowest BCUT2D eigenvalue weighted by molar-refractivity contribution is -0.268. The number of aliphatic hydroxyl groups excluding tert-OH is 2. The highest BCUT2D eigenvalue weighted by Gasteiger charge is 2.97. The summed E-state index contributed by atoms with van der Waals surface area (Å²) in [5.74, 6) is -0.266. The van der Waals surface area contributed by atoms with E-state index in [1.807, 2.05) is 0 Å². The summed E-state index contributed by atoms with van der Waals surface area (Å²) in [6, 6.07) is 0. The number of esters is 1. The molecule has 2 saturated heterocycles. The maximum absolute atomic E-state index is 12.1. The van der Waals surface area contributed by atoms with E-state index >= 15 is 0 Å². The van der Waals surface area contributed by atoms with E-state index in [4.69, 9.17) is 14.2 Å². The molecule has 0 aromatic carbocycles. The fourth-order valence-corrected chi connectivity index (χ4v) is 7.31. The molecule has 3 aliphatic heterocycles. The SMILES string of the molecule is CC(C)(O)[C@]1(O)[C@H](O)[C@@H]2O[C@@]23[C@@]2(O[C@H]2C[C@H]2C4=C(CC[C@@]23C)C(=O)OC4)[C@H]1O. The van der Waals surface area contributed by atoms with Gasteiger partial charge in [0.05, 0.1) is 11.7 Å². The molecule has 6 rings (SSSR count). The number of hydrogen-bond donors (Lipinski definition) is 4. The van der Waals surface area contributed by atoms with Crippen LogP contribution in [0.3, 0.4) is 0 Å². The Morgan fingerprint density at radius 2 is 1.93 bits per heavy atom. The van der Waals surface area contributed by atoms with E-state index < -0.39 is 46.1 Å². The fraction of sp³-hybridized carbons (Fsp3) is 0.850. The van der Waals surface area contributed by atoms with E-state index in [0.29, 0.717) is 19.3 Å². The minimum atomic E-state index is -2.18. The van der Waals surface area contributed by atoms with Crippen LogP contribution in [-0.2, 0) is 19.0 Å². The van der Waals surface area contributed by atoms with Gasteiger partial charge < -0.3 is 34.6 Å². The monoisotopic (exact) mass is 394 g/mol. The number of carbonyl (C=O) groups is 1. The van der Waals surface area contributed by atoms with Crippen LogP contribution in [0.4, 0.5) is 0 Å². The summed E-state index contributed by atoms with van der Waals surface area (Å²) in [5, 5.41) is 44.2. The first-order valence-corrected chi connectivity index (χ1v) is 10.0. The minimum Gasteiger partial charge on any atom is -0.458 e. The minimum absolute atomic E-state index is 0.0129. The van der Waals surface area contributed by atoms with Crippen molar-refractivity contribution in [2.75, 3.05) is 6.61 Å². The topological polar surface area (TPSA) is 132 Å². The Kier molecular flexibility index (Phi) is 2.86. The molecule has 28 heavy (non-hydrogen) atoms. The molecule has 2 saturated carbocycles. The molecule has 0 radical (unpaired) electrons. The van der Waals surface area contributed by atoms with Gasteiger partial charge >= 0.3 is 5.97 Å². The summed E-state index contributed by atoms with van der Waals surface area (Å²) in [6.45, 7) is 5.08. The zero-order valence-electron chi connectivity index (χ0n) is 16.1. The van der Waals surface area contributed by atoms with Gasteiger partial charge in [-0.2, -0.15) is 0 Å². The van der Waals surface area contributed by atoms with Crippen molar-refractivity contribution in [3.8, 4) is 0 Å². The van der Waals surface area contributed by atoms with Gasteiger partial charge in [0.25, 0.3) is 0 Å². The van der Waals surface area contributed by atoms with Gasteiger partial charge in [-0.15, -0.1) is 0 Å². The van der Waals surface area contributed by atoms with Gasteiger partial charge in [0.15, 0.2) is 5.60 Å². The average molecular weight is 394 g/mol. The molecule has 8 nitrogen and oxygen atoms in total. The molecular weight excluding hydrogens is 368 g/mol. The summed E-state index contributed by atoms with van der Waals surface area (Å²) >= 11 is 0. The van der Waals surface area contributed by atoms with Gasteiger partial charge in [-0.3, -0.25) is 0 Å². The number of fused-ring (bicyclic) bond motifs is 2. The Balaban J connectivity index is 1.50. The van der Waals surface area contributed by atoms with Gasteiger partial charge in [-0.1, -0.05) is 6.92 Å². The zero-order chi connectivity index (χ0) is 20.1. The first kappa shape index (κ1) is 17.8. The van der Waals surface area contributed by atoms with E-state index in [1.54, 1.807) is 0 Å². The molecule has 0 bridgehead atoms. The molecule has 4 N–H and O–H groups in total. The van der Waals surface area contributed by atoms with Crippen molar-refractivity contribution in [3.63, 3.8) is 0 Å². The molecule has 6 aliphatic rings. The Morgan fingerprint density at radius 3 is 2.61 bits per heavy atom. The molecule has 2 spiro atoms. The fourth-order valence-electron chi connectivity index (χ4n) is 7.31. The van der Waals surface area contributed by atoms with Gasteiger partial charge in [0, 0.05) is 11.0 Å². The van der Waals surface area contributed by atoms with Crippen LogP contribution in [0.2, 0.25) is 0 Å². The largest absolute Gasteiger partial charge is 0.458 e. The van der Waals surface area contributed by atoms with Crippen LogP contribution < -0.4 is 0 Å². The normalized spacial score (nSPS) is 58.8. The Labute approximate surface area is 162 Å². The van der Waals surface area contributed by atoms with Crippen molar-refractivity contribution >= 4 is 5.97 Å². The second-order valence-corrected chi connectivity index (χ2v) is 10.2. The molecule has 0 aromatic rings. The van der Waals surface area contributed by atoms with Crippen LogP contribution >= 0.6 is 0 Å². The lowest BCUT2D eigenvalue weighted by Crippen LogP contribution is -2.79. The summed E-state index contributed by atoms with van der Waals surface area (Å²) in [4.78, 5) is 12.1. The molecule has 0 unspecified atom stereocenters. The summed E-state index contributed by atoms with van der Waals surface area (Å²) < 4.78 is 17.6. The molecule has 8 heteroatoms. The first-order chi connectivity index (χ1) is 13.0. The molecule has 3 aliphatic carbocycles. The quantitative estimate of drug-likeness (QED) is 0.335. The van der Waals surface area contributed by atoms with Crippen LogP contribution in [0.5, 0.6) is 0 Å². The predicted molar refractivity (Wildman–Crippen MR) is 91.9 cm³/mol. The van der Waals surface area contributed by atoms with Crippen LogP contribution in [0, 0.1) is 11.3 Å². The van der Waals surface area contributed by atoms with Gasteiger partial charge in [-0.25, -0.2) is 4.79 Å². The maximum Gasteiger partial charge on any atom is 0.334 e. The van der Waals surface area contributed by atoms with Gasteiger partial charge in [0.2, 0.25) is 0 Å². The van der Waals surface area contributed by atoms with Crippen molar-refractivity contribution in [2.45, 2.75) is 86.9 Å². The standard InChI is InChI=1S/C20H26O8/c1-16(2,24)18(25)12(21)13-20(28-13)17(3)5-4-8-9(7-26-14(8)22)10(17)6-11-19(20,27-11)15(18)23/h10-13,15,21,23-25H,4-7H2,1-3H3/t10-,11-,12+,13-,15-,17-,18-,19-,20-/m0/s1. The highest BCUT2D eigenvalue weighted by Crippen LogP contribution is 2.79. The molecule has 4 fully saturated rings. The Hall–Kier alpha value is -1.03. The number of epoxide rings is 2. The number of carbonyl (C=O) groups excluding carboxylic acids is 1. The maximum atomic E-state index is 12.1. The highest BCUT2D eigenvalue weighted by atomic mass is 16.7. The van der Waals surface area contributed by atoms with Crippen LogP contribution in [0.25, 0.3) is 0 Å². The Morgan fingerprint density at radius 1 is 1.21 bits per heavy atom. The smallest absolute Gasteiger partial charge is 0.334 e. The summed E-state index contributed by atoms with van der Waals surface area (Å²) in [5.41, 5.74) is -4.83. The third kappa shape index (κ3) is 1.46. The second-order valence-electron chi connectivity index (χ2n) is 10.2. The second kappa shape index (κ2) is 4.50. The average Bonchev–Trinajstić information content (AvgIpc) is 3.50. The van der Waals surface area contributed by atoms with E-state index in [-0.39, 0.29) is 24.6 Å². The summed E-state index contributed by atoms with van der Waals surface area (Å²) in [7, 11) is 0. The van der Waals surface area contributed by atoms with Crippen molar-refractivity contribution in [3.05, 3.63) is 11.1 Å². The van der Waals surface area contributed by atoms with Crippen molar-refractivity contribution in [2.24, 2.45) is 11.3 Å². The molecular formula is C20H26O8. The number of rotatable bonds is 1. The van der Waals surface area contributed by atoms with Crippen LogP contribution in [0.15, 0.2) is 11.1 Å². The summed E-state index contributed by atoms with van der Waals surface area (Å²) in [6.07, 6.45) is -2.33. The molecule has 0 aromatic heterocycles. The Bertz CT molecular complexity index is 846. The predicted octanol–water partition coefficient (Wildman–Crippen LogP) is -0.828. The van der Waals surface area contributed by atoms with E-state index in [9.17, 15) is 25.2 Å². The van der Waals surface area contributed by atoms with E-state index in [0.717, 1.165) is 11.1 Å². The lowest BCUT2D eigenvalue weighted by Gasteiger charge is -2.57.